The Labute approximate surface area is 108 Å². The third kappa shape index (κ3) is 4.83. The van der Waals surface area contributed by atoms with E-state index < -0.39 is 0 Å². The van der Waals surface area contributed by atoms with Gasteiger partial charge in [0, 0.05) is 12.6 Å². The van der Waals surface area contributed by atoms with E-state index in [1.165, 1.54) is 45.1 Å². The van der Waals surface area contributed by atoms with Gasteiger partial charge in [-0.05, 0) is 37.5 Å². The predicted molar refractivity (Wildman–Crippen MR) is 77.3 cm³/mol. The lowest BCUT2D eigenvalue weighted by molar-refractivity contribution is 0.321. The largest absolute Gasteiger partial charge is 0.314 e. The van der Waals surface area contributed by atoms with Gasteiger partial charge in [0.15, 0.2) is 0 Å². The van der Waals surface area contributed by atoms with Crippen LogP contribution in [-0.4, -0.2) is 12.6 Å². The first-order valence-electron chi connectivity index (χ1n) is 7.61. The van der Waals surface area contributed by atoms with Crippen molar-refractivity contribution in [3.63, 3.8) is 0 Å². The van der Waals surface area contributed by atoms with Crippen molar-refractivity contribution in [2.45, 2.75) is 72.3 Å². The van der Waals surface area contributed by atoms with E-state index in [0.29, 0.717) is 6.04 Å². The summed E-state index contributed by atoms with van der Waals surface area (Å²) in [4.78, 5) is 0. The van der Waals surface area contributed by atoms with Crippen molar-refractivity contribution < 1.29 is 0 Å². The van der Waals surface area contributed by atoms with E-state index in [-0.39, 0.29) is 0 Å². The van der Waals surface area contributed by atoms with E-state index in [1.54, 1.807) is 5.57 Å². The Morgan fingerprint density at radius 3 is 2.35 bits per heavy atom. The second-order valence-electron chi connectivity index (χ2n) is 5.77. The Kier molecular flexibility index (Phi) is 6.87. The van der Waals surface area contributed by atoms with Crippen LogP contribution in [0.25, 0.3) is 0 Å². The smallest absolute Gasteiger partial charge is 0.00219 e. The Morgan fingerprint density at radius 2 is 1.88 bits per heavy atom. The molecule has 1 aliphatic carbocycles. The summed E-state index contributed by atoms with van der Waals surface area (Å²) in [6.07, 6.45) is 10.6. The zero-order valence-corrected chi connectivity index (χ0v) is 12.3. The van der Waals surface area contributed by atoms with Crippen molar-refractivity contribution in [1.29, 1.82) is 0 Å². The van der Waals surface area contributed by atoms with Crippen molar-refractivity contribution in [2.75, 3.05) is 6.54 Å². The second-order valence-corrected chi connectivity index (χ2v) is 5.77. The summed E-state index contributed by atoms with van der Waals surface area (Å²) in [5.74, 6) is 1.65. The van der Waals surface area contributed by atoms with Crippen LogP contribution in [0.3, 0.4) is 0 Å². The van der Waals surface area contributed by atoms with Crippen LogP contribution in [0, 0.1) is 11.8 Å². The van der Waals surface area contributed by atoms with Gasteiger partial charge in [-0.3, -0.25) is 0 Å². The molecule has 0 aliphatic heterocycles. The zero-order valence-electron chi connectivity index (χ0n) is 12.3. The number of rotatable bonds is 7. The normalized spacial score (nSPS) is 18.6. The summed E-state index contributed by atoms with van der Waals surface area (Å²) in [5.41, 5.74) is 1.75. The summed E-state index contributed by atoms with van der Waals surface area (Å²) < 4.78 is 0. The molecule has 0 radical (unpaired) electrons. The van der Waals surface area contributed by atoms with Crippen LogP contribution < -0.4 is 5.32 Å². The third-order valence-corrected chi connectivity index (χ3v) is 4.17. The molecule has 0 amide bonds. The fourth-order valence-corrected chi connectivity index (χ4v) is 3.02. The summed E-state index contributed by atoms with van der Waals surface area (Å²) in [6.45, 7) is 10.4. The quantitative estimate of drug-likeness (QED) is 0.641. The molecule has 1 nitrogen and oxygen atoms in total. The standard InChI is InChI=1S/C16H31N/c1-5-14(6-2)16(12-17-13(3)4)15-10-8-7-9-11-15/h10,13-14,16-17H,5-9,11-12H2,1-4H3. The van der Waals surface area contributed by atoms with E-state index >= 15 is 0 Å². The van der Waals surface area contributed by atoms with Gasteiger partial charge < -0.3 is 5.32 Å². The summed E-state index contributed by atoms with van der Waals surface area (Å²) in [6, 6.07) is 0.607. The molecule has 1 aliphatic rings. The average Bonchev–Trinajstić information content (AvgIpc) is 2.35. The van der Waals surface area contributed by atoms with Gasteiger partial charge in [-0.15, -0.1) is 0 Å². The molecule has 0 aromatic heterocycles. The monoisotopic (exact) mass is 237 g/mol. The van der Waals surface area contributed by atoms with Crippen LogP contribution in [0.15, 0.2) is 11.6 Å². The van der Waals surface area contributed by atoms with Crippen LogP contribution in [0.5, 0.6) is 0 Å². The molecule has 17 heavy (non-hydrogen) atoms. The lowest BCUT2D eigenvalue weighted by Crippen LogP contribution is -2.33. The molecule has 0 saturated carbocycles. The molecule has 100 valence electrons. The molecule has 0 fully saturated rings. The molecule has 0 heterocycles. The van der Waals surface area contributed by atoms with Crippen molar-refractivity contribution >= 4 is 0 Å². The van der Waals surface area contributed by atoms with Crippen LogP contribution in [-0.2, 0) is 0 Å². The Bertz CT molecular complexity index is 226. The maximum absolute atomic E-state index is 3.65. The summed E-state index contributed by atoms with van der Waals surface area (Å²) >= 11 is 0. The van der Waals surface area contributed by atoms with Gasteiger partial charge in [0.2, 0.25) is 0 Å². The van der Waals surface area contributed by atoms with Crippen molar-refractivity contribution in [1.82, 2.24) is 5.32 Å². The van der Waals surface area contributed by atoms with Gasteiger partial charge in [0.05, 0.1) is 0 Å². The Hall–Kier alpha value is -0.300. The SMILES string of the molecule is CCC(CC)C(CNC(C)C)C1=CCCCC1. The molecule has 1 atom stereocenters. The molecule has 1 unspecified atom stereocenters. The van der Waals surface area contributed by atoms with Crippen LogP contribution in [0.1, 0.15) is 66.2 Å². The molecule has 0 aromatic rings. The van der Waals surface area contributed by atoms with Gasteiger partial charge >= 0.3 is 0 Å². The van der Waals surface area contributed by atoms with E-state index in [0.717, 1.165) is 11.8 Å². The highest BCUT2D eigenvalue weighted by Gasteiger charge is 2.23. The number of hydrogen-bond acceptors (Lipinski definition) is 1. The Morgan fingerprint density at radius 1 is 1.18 bits per heavy atom. The second kappa shape index (κ2) is 7.92. The van der Waals surface area contributed by atoms with E-state index in [1.807, 2.05) is 0 Å². The molecule has 0 saturated heterocycles. The molecule has 1 N–H and O–H groups in total. The molecular formula is C16H31N. The van der Waals surface area contributed by atoms with E-state index in [4.69, 9.17) is 0 Å². The molecule has 1 rings (SSSR count). The number of allylic oxidation sites excluding steroid dienone is 1. The zero-order chi connectivity index (χ0) is 12.7. The fraction of sp³-hybridized carbons (Fsp3) is 0.875. The maximum atomic E-state index is 3.65. The van der Waals surface area contributed by atoms with Gasteiger partial charge in [-0.25, -0.2) is 0 Å². The van der Waals surface area contributed by atoms with Crippen LogP contribution in [0.4, 0.5) is 0 Å². The van der Waals surface area contributed by atoms with Crippen molar-refractivity contribution in [3.05, 3.63) is 11.6 Å². The minimum atomic E-state index is 0.607. The Balaban J connectivity index is 2.66. The molecular weight excluding hydrogens is 206 g/mol. The van der Waals surface area contributed by atoms with Crippen LogP contribution in [0.2, 0.25) is 0 Å². The van der Waals surface area contributed by atoms with Gasteiger partial charge in [0.25, 0.3) is 0 Å². The first-order valence-corrected chi connectivity index (χ1v) is 7.61. The molecule has 0 aromatic carbocycles. The van der Waals surface area contributed by atoms with E-state index in [9.17, 15) is 0 Å². The first-order chi connectivity index (χ1) is 8.19. The highest BCUT2D eigenvalue weighted by Crippen LogP contribution is 2.32. The van der Waals surface area contributed by atoms with Gasteiger partial charge in [-0.1, -0.05) is 52.2 Å². The lowest BCUT2D eigenvalue weighted by Gasteiger charge is -2.31. The third-order valence-electron chi connectivity index (χ3n) is 4.17. The molecule has 0 bridgehead atoms. The number of hydrogen-bond donors (Lipinski definition) is 1. The van der Waals surface area contributed by atoms with Crippen molar-refractivity contribution in [3.8, 4) is 0 Å². The minimum absolute atomic E-state index is 0.607. The lowest BCUT2D eigenvalue weighted by atomic mass is 9.78. The van der Waals surface area contributed by atoms with Crippen molar-refractivity contribution in [2.24, 2.45) is 11.8 Å². The highest BCUT2D eigenvalue weighted by atomic mass is 14.9. The molecule has 1 heteroatoms. The van der Waals surface area contributed by atoms with Crippen LogP contribution >= 0.6 is 0 Å². The fourth-order valence-electron chi connectivity index (χ4n) is 3.02. The van der Waals surface area contributed by atoms with Gasteiger partial charge in [-0.2, -0.15) is 0 Å². The first kappa shape index (κ1) is 14.8. The highest BCUT2D eigenvalue weighted by molar-refractivity contribution is 5.11. The maximum Gasteiger partial charge on any atom is 0.00219 e. The van der Waals surface area contributed by atoms with E-state index in [2.05, 4.69) is 39.1 Å². The molecule has 0 spiro atoms. The number of nitrogens with one attached hydrogen (secondary N) is 1. The summed E-state index contributed by atoms with van der Waals surface area (Å²) in [7, 11) is 0. The average molecular weight is 237 g/mol. The van der Waals surface area contributed by atoms with Gasteiger partial charge in [0.1, 0.15) is 0 Å². The topological polar surface area (TPSA) is 12.0 Å². The minimum Gasteiger partial charge on any atom is -0.314 e. The predicted octanol–water partition coefficient (Wildman–Crippen LogP) is 4.54. The summed E-state index contributed by atoms with van der Waals surface area (Å²) in [5, 5.41) is 3.65.